The number of aromatic nitrogens is 2. The van der Waals surface area contributed by atoms with Gasteiger partial charge in [-0.25, -0.2) is 0 Å². The molecule has 4 aromatic carbocycles. The van der Waals surface area contributed by atoms with E-state index in [0.29, 0.717) is 77.8 Å². The van der Waals surface area contributed by atoms with Gasteiger partial charge >= 0.3 is 0 Å². The van der Waals surface area contributed by atoms with Gasteiger partial charge in [0.05, 0.1) is 44.4 Å². The predicted octanol–water partition coefficient (Wildman–Crippen LogP) is 9.00. The van der Waals surface area contributed by atoms with Gasteiger partial charge in [-0.05, 0) is 62.4 Å². The summed E-state index contributed by atoms with van der Waals surface area (Å²) in [5.41, 5.74) is 5.65. The topological polar surface area (TPSA) is 173 Å². The summed E-state index contributed by atoms with van der Waals surface area (Å²) in [7, 11) is 0. The van der Waals surface area contributed by atoms with Crippen molar-refractivity contribution >= 4 is 85.4 Å². The molecule has 0 spiro atoms. The first-order chi connectivity index (χ1) is 23.0. The molecule has 0 unspecified atom stereocenters. The van der Waals surface area contributed by atoms with Crippen LogP contribution in [0, 0.1) is 34.1 Å². The number of rotatable bonds is 8. The standard InChI is InChI=1S/C17H14ClN3O3.C17H12ClN3O3/c2*1-10-2-4-13(7-16(10)21(23)24)20-17-11(9-22)8-19-15-5-3-12(18)6-14(15)17/h2-8,22H,9H2,1H3,(H,19,20);2-9H,1H3,(H,19,20). The van der Waals surface area contributed by atoms with Crippen LogP contribution >= 0.6 is 23.2 Å². The van der Waals surface area contributed by atoms with Gasteiger partial charge in [0, 0.05) is 73.4 Å². The molecular weight excluding hydrogens is 659 g/mol. The highest BCUT2D eigenvalue weighted by atomic mass is 35.5. The van der Waals surface area contributed by atoms with E-state index in [1.165, 1.54) is 18.3 Å². The van der Waals surface area contributed by atoms with Crippen LogP contribution in [0.4, 0.5) is 34.1 Å². The van der Waals surface area contributed by atoms with Crippen molar-refractivity contribution in [3.8, 4) is 0 Å². The zero-order valence-corrected chi connectivity index (χ0v) is 26.9. The number of fused-ring (bicyclic) bond motifs is 2. The Hall–Kier alpha value is -5.69. The minimum absolute atomic E-state index is 0.00375. The zero-order chi connectivity index (χ0) is 34.5. The number of nitrogens with zero attached hydrogens (tertiary/aromatic N) is 4. The van der Waals surface area contributed by atoms with Gasteiger partial charge in [-0.3, -0.25) is 35.0 Å². The van der Waals surface area contributed by atoms with Gasteiger partial charge in [0.25, 0.3) is 11.4 Å². The number of carbonyl (C=O) groups excluding carboxylic acids is 1. The Balaban J connectivity index is 0.000000188. The fourth-order valence-corrected chi connectivity index (χ4v) is 5.28. The number of aliphatic hydroxyl groups is 1. The number of aldehydes is 1. The highest BCUT2D eigenvalue weighted by Crippen LogP contribution is 2.34. The van der Waals surface area contributed by atoms with Crippen molar-refractivity contribution in [2.75, 3.05) is 10.6 Å². The lowest BCUT2D eigenvalue weighted by Gasteiger charge is -2.14. The second kappa shape index (κ2) is 14.4. The SMILES string of the molecule is Cc1ccc(Nc2c(C=O)cnc3ccc(Cl)cc23)cc1[N+](=O)[O-].Cc1ccc(Nc2c(CO)cnc3ccc(Cl)cc23)cc1[N+](=O)[O-]. The summed E-state index contributed by atoms with van der Waals surface area (Å²) in [6.45, 7) is 3.13. The lowest BCUT2D eigenvalue weighted by molar-refractivity contribution is -0.385. The van der Waals surface area contributed by atoms with Crippen molar-refractivity contribution in [2.24, 2.45) is 0 Å². The number of carbonyl (C=O) groups is 1. The summed E-state index contributed by atoms with van der Waals surface area (Å²) in [6.07, 6.45) is 3.70. The normalized spacial score (nSPS) is 10.7. The van der Waals surface area contributed by atoms with E-state index in [1.54, 1.807) is 80.7 Å². The molecule has 14 heteroatoms. The Kier molecular flexibility index (Phi) is 10.1. The van der Waals surface area contributed by atoms with E-state index in [9.17, 15) is 30.1 Å². The van der Waals surface area contributed by atoms with Crippen molar-refractivity contribution in [3.63, 3.8) is 0 Å². The fraction of sp³-hybridized carbons (Fsp3) is 0.0882. The third-order valence-electron chi connectivity index (χ3n) is 7.42. The van der Waals surface area contributed by atoms with Gasteiger partial charge in [0.15, 0.2) is 6.29 Å². The Labute approximate surface area is 283 Å². The summed E-state index contributed by atoms with van der Waals surface area (Å²) < 4.78 is 0. The molecule has 2 aromatic heterocycles. The first-order valence-electron chi connectivity index (χ1n) is 14.2. The smallest absolute Gasteiger partial charge is 0.274 e. The fourth-order valence-electron chi connectivity index (χ4n) is 4.94. The van der Waals surface area contributed by atoms with Crippen LogP contribution in [0.2, 0.25) is 10.0 Å². The highest BCUT2D eigenvalue weighted by Gasteiger charge is 2.16. The Morgan fingerprint density at radius 2 is 1.21 bits per heavy atom. The second-order valence-electron chi connectivity index (χ2n) is 10.6. The van der Waals surface area contributed by atoms with Crippen LogP contribution < -0.4 is 10.6 Å². The lowest BCUT2D eigenvalue weighted by Crippen LogP contribution is -2.00. The van der Waals surface area contributed by atoms with Crippen molar-refractivity contribution in [3.05, 3.63) is 138 Å². The number of hydrogen-bond acceptors (Lipinski definition) is 10. The van der Waals surface area contributed by atoms with Crippen LogP contribution in [0.15, 0.2) is 85.2 Å². The molecule has 0 fully saturated rings. The predicted molar refractivity (Wildman–Crippen MR) is 187 cm³/mol. The number of nitrogens with one attached hydrogen (secondary N) is 2. The van der Waals surface area contributed by atoms with E-state index in [1.807, 2.05) is 0 Å². The van der Waals surface area contributed by atoms with E-state index >= 15 is 0 Å². The van der Waals surface area contributed by atoms with Crippen molar-refractivity contribution in [2.45, 2.75) is 20.5 Å². The van der Waals surface area contributed by atoms with Gasteiger partial charge in [0.1, 0.15) is 0 Å². The maximum absolute atomic E-state index is 11.4. The number of halogens is 2. The summed E-state index contributed by atoms with van der Waals surface area (Å²) >= 11 is 12.1. The average Bonchev–Trinajstić information content (AvgIpc) is 3.07. The molecule has 0 radical (unpaired) electrons. The number of anilines is 4. The molecule has 0 atom stereocenters. The van der Waals surface area contributed by atoms with Crippen LogP contribution in [0.3, 0.4) is 0 Å². The zero-order valence-electron chi connectivity index (χ0n) is 25.4. The minimum Gasteiger partial charge on any atom is -0.392 e. The molecule has 0 aliphatic heterocycles. The van der Waals surface area contributed by atoms with Crippen LogP contribution in [0.5, 0.6) is 0 Å². The number of nitro benzene ring substituents is 2. The van der Waals surface area contributed by atoms with Gasteiger partial charge < -0.3 is 15.7 Å². The molecule has 3 N–H and O–H groups in total. The van der Waals surface area contributed by atoms with Crippen molar-refractivity contribution < 1.29 is 19.7 Å². The number of pyridine rings is 2. The van der Waals surface area contributed by atoms with E-state index in [4.69, 9.17) is 23.2 Å². The molecule has 6 aromatic rings. The second-order valence-corrected chi connectivity index (χ2v) is 11.5. The molecule has 0 saturated carbocycles. The number of hydrogen-bond donors (Lipinski definition) is 3. The first-order valence-corrected chi connectivity index (χ1v) is 15.0. The molecule has 0 aliphatic rings. The molecule has 0 bridgehead atoms. The Morgan fingerprint density at radius 3 is 1.69 bits per heavy atom. The molecular formula is C34H26Cl2N6O6. The number of benzene rings is 4. The largest absolute Gasteiger partial charge is 0.392 e. The van der Waals surface area contributed by atoms with Crippen LogP contribution in [-0.2, 0) is 6.61 Å². The van der Waals surface area contributed by atoms with Gasteiger partial charge in [-0.2, -0.15) is 0 Å². The molecule has 242 valence electrons. The van der Waals surface area contributed by atoms with E-state index in [-0.39, 0.29) is 18.0 Å². The summed E-state index contributed by atoms with van der Waals surface area (Å²) in [6, 6.07) is 20.1. The molecule has 12 nitrogen and oxygen atoms in total. The maximum atomic E-state index is 11.4. The van der Waals surface area contributed by atoms with Crippen LogP contribution in [-0.4, -0.2) is 31.2 Å². The summed E-state index contributed by atoms with van der Waals surface area (Å²) in [5, 5.41) is 40.5. The molecule has 0 aliphatic carbocycles. The average molecular weight is 686 g/mol. The van der Waals surface area contributed by atoms with Crippen molar-refractivity contribution in [1.82, 2.24) is 9.97 Å². The van der Waals surface area contributed by atoms with E-state index in [0.717, 1.165) is 5.39 Å². The summed E-state index contributed by atoms with van der Waals surface area (Å²) in [5.74, 6) is 0. The molecule has 0 saturated heterocycles. The lowest BCUT2D eigenvalue weighted by atomic mass is 10.1. The van der Waals surface area contributed by atoms with E-state index in [2.05, 4.69) is 20.6 Å². The van der Waals surface area contributed by atoms with Gasteiger partial charge in [0.2, 0.25) is 0 Å². The van der Waals surface area contributed by atoms with Gasteiger partial charge in [-0.1, -0.05) is 35.3 Å². The van der Waals surface area contributed by atoms with Crippen molar-refractivity contribution in [1.29, 1.82) is 0 Å². The van der Waals surface area contributed by atoms with Crippen LogP contribution in [0.1, 0.15) is 27.0 Å². The Morgan fingerprint density at radius 1 is 0.729 bits per heavy atom. The third kappa shape index (κ3) is 7.31. The quantitative estimate of drug-likeness (QED) is 0.0797. The van der Waals surface area contributed by atoms with E-state index < -0.39 is 9.85 Å². The monoisotopic (exact) mass is 684 g/mol. The molecule has 0 amide bonds. The highest BCUT2D eigenvalue weighted by molar-refractivity contribution is 6.32. The molecule has 6 rings (SSSR count). The Bertz CT molecular complexity index is 2230. The maximum Gasteiger partial charge on any atom is 0.274 e. The first kappa shape index (κ1) is 33.7. The molecule has 48 heavy (non-hydrogen) atoms. The number of aryl methyl sites for hydroxylation is 2. The number of nitro groups is 2. The van der Waals surface area contributed by atoms with Gasteiger partial charge in [-0.15, -0.1) is 0 Å². The molecule has 2 heterocycles. The minimum atomic E-state index is -0.442. The number of aliphatic hydroxyl groups excluding tert-OH is 1. The van der Waals surface area contributed by atoms with Crippen LogP contribution in [0.25, 0.3) is 21.8 Å². The third-order valence-corrected chi connectivity index (χ3v) is 7.89. The summed E-state index contributed by atoms with van der Waals surface area (Å²) in [4.78, 5) is 41.2.